The van der Waals surface area contributed by atoms with E-state index in [1.165, 1.54) is 52.1 Å². The molecule has 0 aromatic carbocycles. The van der Waals surface area contributed by atoms with Crippen LogP contribution in [0.15, 0.2) is 0 Å². The standard InChI is InChI=1S/C12H22N2O/c1-2-3-12-8-13-4-5-14(9-12)7-10(6-13)11(12)15/h10-11,15H,2-9H2,1H3/p+2/t10?,11-,12?/m1/s1. The summed E-state index contributed by atoms with van der Waals surface area (Å²) in [6, 6.07) is 0. The minimum absolute atomic E-state index is 0.00282. The maximum Gasteiger partial charge on any atom is 0.127 e. The van der Waals surface area contributed by atoms with Crippen LogP contribution in [0.3, 0.4) is 0 Å². The van der Waals surface area contributed by atoms with Gasteiger partial charge in [0.05, 0.1) is 43.6 Å². The first-order chi connectivity index (χ1) is 7.23. The molecule has 4 aliphatic heterocycles. The van der Waals surface area contributed by atoms with Crippen molar-refractivity contribution in [3.8, 4) is 0 Å². The number of rotatable bonds is 2. The van der Waals surface area contributed by atoms with Crippen molar-refractivity contribution in [2.75, 3.05) is 39.3 Å². The summed E-state index contributed by atoms with van der Waals surface area (Å²) in [5, 5.41) is 10.5. The molecule has 4 heterocycles. The molecule has 4 saturated heterocycles. The van der Waals surface area contributed by atoms with Crippen molar-refractivity contribution in [1.29, 1.82) is 0 Å². The minimum Gasteiger partial charge on any atom is -0.391 e. The molecule has 86 valence electrons. The van der Waals surface area contributed by atoms with Crippen molar-refractivity contribution >= 4 is 0 Å². The summed E-state index contributed by atoms with van der Waals surface area (Å²) in [6.45, 7) is 9.88. The van der Waals surface area contributed by atoms with Gasteiger partial charge < -0.3 is 14.9 Å². The Bertz CT molecular complexity index is 240. The zero-order valence-corrected chi connectivity index (χ0v) is 9.76. The van der Waals surface area contributed by atoms with Crippen molar-refractivity contribution in [2.45, 2.75) is 25.9 Å². The summed E-state index contributed by atoms with van der Waals surface area (Å²) < 4.78 is 0. The molecule has 4 bridgehead atoms. The van der Waals surface area contributed by atoms with Crippen LogP contribution < -0.4 is 9.80 Å². The van der Waals surface area contributed by atoms with E-state index in [0.717, 1.165) is 0 Å². The van der Waals surface area contributed by atoms with Gasteiger partial charge in [-0.25, -0.2) is 0 Å². The van der Waals surface area contributed by atoms with E-state index in [0.29, 0.717) is 5.92 Å². The maximum absolute atomic E-state index is 10.5. The Morgan fingerprint density at radius 2 is 1.80 bits per heavy atom. The van der Waals surface area contributed by atoms with E-state index in [1.807, 2.05) is 0 Å². The lowest BCUT2D eigenvalue weighted by molar-refractivity contribution is -0.918. The van der Waals surface area contributed by atoms with E-state index < -0.39 is 0 Å². The van der Waals surface area contributed by atoms with Gasteiger partial charge in [-0.3, -0.25) is 0 Å². The Balaban J connectivity index is 1.92. The smallest absolute Gasteiger partial charge is 0.127 e. The highest BCUT2D eigenvalue weighted by Gasteiger charge is 2.58. The molecule has 0 aromatic heterocycles. The van der Waals surface area contributed by atoms with Gasteiger partial charge in [-0.15, -0.1) is 0 Å². The number of fused-ring (bicyclic) bond motifs is 1. The van der Waals surface area contributed by atoms with Gasteiger partial charge in [0.25, 0.3) is 0 Å². The average molecular weight is 212 g/mol. The van der Waals surface area contributed by atoms with Crippen LogP contribution >= 0.6 is 0 Å². The number of hydrogen-bond acceptors (Lipinski definition) is 1. The fourth-order valence-corrected chi connectivity index (χ4v) is 4.51. The molecule has 3 N–H and O–H groups in total. The minimum atomic E-state index is 0.00282. The van der Waals surface area contributed by atoms with Gasteiger partial charge in [-0.2, -0.15) is 0 Å². The van der Waals surface area contributed by atoms with Crippen molar-refractivity contribution in [3.63, 3.8) is 0 Å². The van der Waals surface area contributed by atoms with Crippen LogP contribution in [0.5, 0.6) is 0 Å². The van der Waals surface area contributed by atoms with E-state index in [4.69, 9.17) is 0 Å². The Hall–Kier alpha value is -0.120. The maximum atomic E-state index is 10.5. The summed E-state index contributed by atoms with van der Waals surface area (Å²) in [4.78, 5) is 3.54. The first-order valence-corrected chi connectivity index (χ1v) is 6.59. The van der Waals surface area contributed by atoms with Crippen LogP contribution in [0.2, 0.25) is 0 Å². The summed E-state index contributed by atoms with van der Waals surface area (Å²) in [5.41, 5.74) is 0.275. The quantitative estimate of drug-likeness (QED) is 0.466. The molecule has 4 aliphatic rings. The first kappa shape index (κ1) is 10.1. The Kier molecular flexibility index (Phi) is 2.31. The van der Waals surface area contributed by atoms with Gasteiger partial charge in [0, 0.05) is 0 Å². The van der Waals surface area contributed by atoms with Crippen LogP contribution in [0.25, 0.3) is 0 Å². The molecule has 3 atom stereocenters. The van der Waals surface area contributed by atoms with E-state index in [1.54, 1.807) is 9.80 Å². The van der Waals surface area contributed by atoms with E-state index in [-0.39, 0.29) is 11.5 Å². The molecule has 15 heavy (non-hydrogen) atoms. The Morgan fingerprint density at radius 1 is 1.20 bits per heavy atom. The van der Waals surface area contributed by atoms with Crippen molar-refractivity contribution in [1.82, 2.24) is 0 Å². The SMILES string of the molecule is CCCC12C[NH+]3CC[NH+](CC(C3)[C@H]1O)C2. The summed E-state index contributed by atoms with van der Waals surface area (Å²) in [7, 11) is 0. The second kappa shape index (κ2) is 3.44. The monoisotopic (exact) mass is 212 g/mol. The Labute approximate surface area is 92.1 Å². The third kappa shape index (κ3) is 1.44. The molecule has 4 fully saturated rings. The van der Waals surface area contributed by atoms with E-state index in [9.17, 15) is 5.11 Å². The summed E-state index contributed by atoms with van der Waals surface area (Å²) >= 11 is 0. The van der Waals surface area contributed by atoms with Gasteiger partial charge in [0.1, 0.15) is 13.1 Å². The molecule has 2 unspecified atom stereocenters. The number of hydrogen-bond donors (Lipinski definition) is 3. The van der Waals surface area contributed by atoms with Crippen molar-refractivity contribution in [2.24, 2.45) is 11.3 Å². The van der Waals surface area contributed by atoms with Crippen LogP contribution in [0, 0.1) is 11.3 Å². The molecule has 0 aliphatic carbocycles. The van der Waals surface area contributed by atoms with Crippen LogP contribution in [-0.2, 0) is 0 Å². The van der Waals surface area contributed by atoms with Crippen LogP contribution in [0.1, 0.15) is 19.8 Å². The third-order valence-corrected chi connectivity index (χ3v) is 4.96. The predicted molar refractivity (Wildman–Crippen MR) is 58.0 cm³/mol. The summed E-state index contributed by atoms with van der Waals surface area (Å²) in [6.07, 6.45) is 2.46. The molecule has 0 amide bonds. The highest BCUT2D eigenvalue weighted by molar-refractivity contribution is 4.95. The highest BCUT2D eigenvalue weighted by Crippen LogP contribution is 2.34. The fraction of sp³-hybridized carbons (Fsp3) is 1.00. The van der Waals surface area contributed by atoms with Crippen LogP contribution in [0.4, 0.5) is 0 Å². The molecule has 0 spiro atoms. The Morgan fingerprint density at radius 3 is 2.33 bits per heavy atom. The number of nitrogens with one attached hydrogen (secondary N) is 2. The zero-order valence-electron chi connectivity index (χ0n) is 9.76. The third-order valence-electron chi connectivity index (χ3n) is 4.96. The number of aliphatic hydroxyl groups is 1. The lowest BCUT2D eigenvalue weighted by atomic mass is 9.67. The molecule has 3 nitrogen and oxygen atoms in total. The van der Waals surface area contributed by atoms with Gasteiger partial charge in [0.2, 0.25) is 0 Å². The fourth-order valence-electron chi connectivity index (χ4n) is 4.51. The van der Waals surface area contributed by atoms with Gasteiger partial charge in [-0.05, 0) is 6.42 Å². The van der Waals surface area contributed by atoms with Gasteiger partial charge in [0.15, 0.2) is 0 Å². The lowest BCUT2D eigenvalue weighted by Gasteiger charge is -2.48. The average Bonchev–Trinajstić information content (AvgIpc) is 2.43. The normalized spacial score (nSPS) is 53.2. The zero-order chi connectivity index (χ0) is 10.5. The number of quaternary nitrogens is 2. The molecule has 0 aromatic rings. The van der Waals surface area contributed by atoms with E-state index in [2.05, 4.69) is 6.92 Å². The topological polar surface area (TPSA) is 29.1 Å². The van der Waals surface area contributed by atoms with Crippen molar-refractivity contribution in [3.05, 3.63) is 0 Å². The first-order valence-electron chi connectivity index (χ1n) is 6.59. The van der Waals surface area contributed by atoms with Crippen LogP contribution in [-0.4, -0.2) is 50.5 Å². The molecular weight excluding hydrogens is 188 g/mol. The number of piperidine rings is 2. The molecule has 0 radical (unpaired) electrons. The van der Waals surface area contributed by atoms with Crippen molar-refractivity contribution < 1.29 is 14.9 Å². The van der Waals surface area contributed by atoms with Gasteiger partial charge >= 0.3 is 0 Å². The molecular formula is C12H24N2O+2. The number of aliphatic hydroxyl groups excluding tert-OH is 1. The highest BCUT2D eigenvalue weighted by atomic mass is 16.3. The van der Waals surface area contributed by atoms with E-state index >= 15 is 0 Å². The van der Waals surface area contributed by atoms with Gasteiger partial charge in [-0.1, -0.05) is 13.3 Å². The molecule has 0 saturated carbocycles. The second-order valence-corrected chi connectivity index (χ2v) is 6.08. The predicted octanol–water partition coefficient (Wildman–Crippen LogP) is -2.44. The molecule has 4 rings (SSSR count). The molecule has 3 heteroatoms. The largest absolute Gasteiger partial charge is 0.391 e. The lowest BCUT2D eigenvalue weighted by Crippen LogP contribution is -3.17. The second-order valence-electron chi connectivity index (χ2n) is 6.08. The summed E-state index contributed by atoms with van der Waals surface area (Å²) in [5.74, 6) is 0.589.